The highest BCUT2D eigenvalue weighted by molar-refractivity contribution is 6.25. The maximum absolute atomic E-state index is 6.78. The molecule has 0 atom stereocenters. The fourth-order valence-corrected chi connectivity index (χ4v) is 7.14. The smallest absolute Gasteiger partial charge is 0.167 e. The lowest BCUT2D eigenvalue weighted by atomic mass is 10.0. The summed E-state index contributed by atoms with van der Waals surface area (Å²) in [6.45, 7) is 0. The lowest BCUT2D eigenvalue weighted by Crippen LogP contribution is -2.00. The van der Waals surface area contributed by atoms with Crippen LogP contribution in [-0.2, 0) is 0 Å². The molecule has 0 spiro atoms. The van der Waals surface area contributed by atoms with E-state index < -0.39 is 0 Å². The molecule has 10 rings (SSSR count). The molecule has 50 heavy (non-hydrogen) atoms. The first kappa shape index (κ1) is 28.2. The minimum absolute atomic E-state index is 0.561. The molecule has 10 aromatic rings. The van der Waals surface area contributed by atoms with Crippen molar-refractivity contribution in [3.05, 3.63) is 170 Å². The van der Waals surface area contributed by atoms with Crippen LogP contribution in [0.3, 0.4) is 0 Å². The molecule has 0 aliphatic heterocycles. The standard InChI is InChI=1S/C45H28N4O/c1-4-13-29(14-5-1)30-23-25-32(26-24-30)44-46-43(31-15-6-2-7-16-31)47-45(48-44)37-21-12-20-36-40-39(50-42(36)37)28-27-35-34-19-10-11-22-38(34)49(41(35)40)33-17-8-3-9-18-33/h1-28H. The molecule has 0 radical (unpaired) electrons. The van der Waals surface area contributed by atoms with Gasteiger partial charge in [0, 0.05) is 33.0 Å². The van der Waals surface area contributed by atoms with Crippen molar-refractivity contribution in [3.8, 4) is 51.0 Å². The van der Waals surface area contributed by atoms with E-state index in [0.717, 1.165) is 66.5 Å². The summed E-state index contributed by atoms with van der Waals surface area (Å²) in [5, 5.41) is 4.46. The zero-order valence-electron chi connectivity index (χ0n) is 26.9. The number of furan rings is 1. The highest BCUT2D eigenvalue weighted by atomic mass is 16.3. The maximum atomic E-state index is 6.78. The Labute approximate surface area is 287 Å². The summed E-state index contributed by atoms with van der Waals surface area (Å²) in [4.78, 5) is 15.1. The predicted molar refractivity (Wildman–Crippen MR) is 203 cm³/mol. The van der Waals surface area contributed by atoms with Crippen molar-refractivity contribution in [3.63, 3.8) is 0 Å². The van der Waals surface area contributed by atoms with Gasteiger partial charge in [-0.2, -0.15) is 0 Å². The van der Waals surface area contributed by atoms with Gasteiger partial charge in [-0.25, -0.2) is 15.0 Å². The average Bonchev–Trinajstić information content (AvgIpc) is 3.75. The molecule has 5 heteroatoms. The highest BCUT2D eigenvalue weighted by Gasteiger charge is 2.22. The zero-order chi connectivity index (χ0) is 33.0. The molecular formula is C45H28N4O. The van der Waals surface area contributed by atoms with Crippen molar-refractivity contribution in [1.82, 2.24) is 19.5 Å². The minimum Gasteiger partial charge on any atom is -0.455 e. The predicted octanol–water partition coefficient (Wildman–Crippen LogP) is 11.5. The Morgan fingerprint density at radius 1 is 0.400 bits per heavy atom. The normalized spacial score (nSPS) is 11.6. The van der Waals surface area contributed by atoms with Crippen LogP contribution in [0.25, 0.3) is 94.7 Å². The fraction of sp³-hybridized carbons (Fsp3) is 0. The van der Waals surface area contributed by atoms with E-state index in [1.165, 1.54) is 10.8 Å². The molecular weight excluding hydrogens is 613 g/mol. The monoisotopic (exact) mass is 640 g/mol. The summed E-state index contributed by atoms with van der Waals surface area (Å²) in [5.74, 6) is 1.77. The summed E-state index contributed by atoms with van der Waals surface area (Å²) in [6.07, 6.45) is 0. The Morgan fingerprint density at radius 3 is 1.70 bits per heavy atom. The van der Waals surface area contributed by atoms with Gasteiger partial charge < -0.3 is 8.98 Å². The van der Waals surface area contributed by atoms with E-state index >= 15 is 0 Å². The third-order valence-electron chi connectivity index (χ3n) is 9.47. The molecule has 0 aliphatic carbocycles. The van der Waals surface area contributed by atoms with E-state index in [4.69, 9.17) is 19.4 Å². The summed E-state index contributed by atoms with van der Waals surface area (Å²) in [6, 6.07) is 58.5. The molecule has 0 saturated carbocycles. The summed E-state index contributed by atoms with van der Waals surface area (Å²) < 4.78 is 9.12. The number of hydrogen-bond donors (Lipinski definition) is 0. The van der Waals surface area contributed by atoms with Crippen molar-refractivity contribution in [2.24, 2.45) is 0 Å². The molecule has 7 aromatic carbocycles. The van der Waals surface area contributed by atoms with E-state index in [9.17, 15) is 0 Å². The molecule has 0 aliphatic rings. The molecule has 0 unspecified atom stereocenters. The van der Waals surface area contributed by atoms with Crippen molar-refractivity contribution >= 4 is 43.7 Å². The topological polar surface area (TPSA) is 56.7 Å². The van der Waals surface area contributed by atoms with Crippen molar-refractivity contribution < 1.29 is 4.42 Å². The van der Waals surface area contributed by atoms with Crippen molar-refractivity contribution in [2.45, 2.75) is 0 Å². The highest BCUT2D eigenvalue weighted by Crippen LogP contribution is 2.43. The Hall–Kier alpha value is -6.85. The van der Waals surface area contributed by atoms with Crippen LogP contribution in [0.5, 0.6) is 0 Å². The number of nitrogens with zero attached hydrogens (tertiary/aromatic N) is 4. The van der Waals surface area contributed by atoms with E-state index in [0.29, 0.717) is 17.5 Å². The van der Waals surface area contributed by atoms with Gasteiger partial charge in [0.25, 0.3) is 0 Å². The minimum atomic E-state index is 0.561. The van der Waals surface area contributed by atoms with Gasteiger partial charge in [-0.1, -0.05) is 133 Å². The largest absolute Gasteiger partial charge is 0.455 e. The van der Waals surface area contributed by atoms with Crippen LogP contribution in [0.4, 0.5) is 0 Å². The van der Waals surface area contributed by atoms with Gasteiger partial charge in [0.05, 0.1) is 22.0 Å². The zero-order valence-corrected chi connectivity index (χ0v) is 26.9. The van der Waals surface area contributed by atoms with Crippen LogP contribution in [0.15, 0.2) is 174 Å². The van der Waals surface area contributed by atoms with Gasteiger partial charge in [0.2, 0.25) is 0 Å². The average molecular weight is 641 g/mol. The first-order chi connectivity index (χ1) is 24.8. The van der Waals surface area contributed by atoms with Gasteiger partial charge in [0.15, 0.2) is 17.5 Å². The second-order valence-corrected chi connectivity index (χ2v) is 12.4. The molecule has 0 saturated heterocycles. The molecule has 0 fully saturated rings. The molecule has 234 valence electrons. The first-order valence-electron chi connectivity index (χ1n) is 16.7. The van der Waals surface area contributed by atoms with Crippen LogP contribution in [0, 0.1) is 0 Å². The molecule has 0 amide bonds. The maximum Gasteiger partial charge on any atom is 0.167 e. The van der Waals surface area contributed by atoms with E-state index in [2.05, 4.69) is 132 Å². The lowest BCUT2D eigenvalue weighted by Gasteiger charge is -2.09. The SMILES string of the molecule is c1ccc(-c2ccc(-c3nc(-c4ccccc4)nc(-c4cccc5c4oc4ccc6c7ccccc7n(-c7ccccc7)c6c45)n3)cc2)cc1. The Bertz CT molecular complexity index is 2840. The fourth-order valence-electron chi connectivity index (χ4n) is 7.14. The van der Waals surface area contributed by atoms with Crippen molar-refractivity contribution in [2.75, 3.05) is 0 Å². The third kappa shape index (κ3) is 4.52. The lowest BCUT2D eigenvalue weighted by molar-refractivity contribution is 0.669. The van der Waals surface area contributed by atoms with Gasteiger partial charge >= 0.3 is 0 Å². The second-order valence-electron chi connectivity index (χ2n) is 12.4. The van der Waals surface area contributed by atoms with Gasteiger partial charge in [-0.3, -0.25) is 0 Å². The number of hydrogen-bond acceptors (Lipinski definition) is 4. The molecule has 0 bridgehead atoms. The quantitative estimate of drug-likeness (QED) is 0.188. The van der Waals surface area contributed by atoms with Gasteiger partial charge in [-0.15, -0.1) is 0 Å². The number of aromatic nitrogens is 4. The Morgan fingerprint density at radius 2 is 0.960 bits per heavy atom. The van der Waals surface area contributed by atoms with Gasteiger partial charge in [-0.05, 0) is 47.5 Å². The first-order valence-corrected chi connectivity index (χ1v) is 16.7. The molecule has 3 aromatic heterocycles. The number of rotatable bonds is 5. The number of para-hydroxylation sites is 3. The van der Waals surface area contributed by atoms with Crippen LogP contribution in [-0.4, -0.2) is 19.5 Å². The van der Waals surface area contributed by atoms with Crippen LogP contribution in [0.1, 0.15) is 0 Å². The third-order valence-corrected chi connectivity index (χ3v) is 9.47. The molecule has 5 nitrogen and oxygen atoms in total. The van der Waals surface area contributed by atoms with E-state index in [-0.39, 0.29) is 0 Å². The Kier molecular flexibility index (Phi) is 6.42. The van der Waals surface area contributed by atoms with Gasteiger partial charge in [0.1, 0.15) is 11.2 Å². The number of benzene rings is 7. The van der Waals surface area contributed by atoms with Crippen LogP contribution >= 0.6 is 0 Å². The Balaban J connectivity index is 1.21. The molecule has 3 heterocycles. The summed E-state index contributed by atoms with van der Waals surface area (Å²) in [5.41, 5.74) is 9.88. The van der Waals surface area contributed by atoms with E-state index in [1.54, 1.807) is 0 Å². The van der Waals surface area contributed by atoms with Crippen LogP contribution < -0.4 is 0 Å². The van der Waals surface area contributed by atoms with E-state index in [1.807, 2.05) is 42.5 Å². The number of fused-ring (bicyclic) bond motifs is 7. The summed E-state index contributed by atoms with van der Waals surface area (Å²) in [7, 11) is 0. The summed E-state index contributed by atoms with van der Waals surface area (Å²) >= 11 is 0. The van der Waals surface area contributed by atoms with Crippen LogP contribution in [0.2, 0.25) is 0 Å². The second kappa shape index (κ2) is 11.4. The molecule has 0 N–H and O–H groups in total. The van der Waals surface area contributed by atoms with Crippen molar-refractivity contribution in [1.29, 1.82) is 0 Å².